The van der Waals surface area contributed by atoms with Gasteiger partial charge in [-0.05, 0) is 60.5 Å². The molecule has 0 radical (unpaired) electrons. The van der Waals surface area contributed by atoms with Gasteiger partial charge in [-0.3, -0.25) is 29.3 Å². The van der Waals surface area contributed by atoms with E-state index < -0.39 is 34.7 Å². The molecule has 0 N–H and O–H groups in total. The van der Waals surface area contributed by atoms with Crippen LogP contribution in [0.2, 0.25) is 5.02 Å². The van der Waals surface area contributed by atoms with Crippen LogP contribution >= 0.6 is 11.6 Å². The van der Waals surface area contributed by atoms with Crippen molar-refractivity contribution >= 4 is 46.7 Å². The van der Waals surface area contributed by atoms with E-state index in [1.165, 1.54) is 60.4 Å². The number of non-ortho nitro benzene ring substituents is 1. The average Bonchev–Trinajstić information content (AvgIpc) is 3.17. The lowest BCUT2D eigenvalue weighted by molar-refractivity contribution is -0.384. The van der Waals surface area contributed by atoms with Crippen molar-refractivity contribution in [3.8, 4) is 5.75 Å². The Bertz CT molecular complexity index is 1410. The molecule has 0 aromatic heterocycles. The summed E-state index contributed by atoms with van der Waals surface area (Å²) >= 11 is 6.09. The van der Waals surface area contributed by atoms with Crippen molar-refractivity contribution in [1.82, 2.24) is 4.90 Å². The number of nitro groups is 1. The Morgan fingerprint density at radius 2 is 1.76 bits per heavy atom. The highest BCUT2D eigenvalue weighted by Crippen LogP contribution is 2.29. The molecule has 1 heterocycles. The van der Waals surface area contributed by atoms with E-state index in [0.29, 0.717) is 11.4 Å². The van der Waals surface area contributed by atoms with Gasteiger partial charge in [-0.25, -0.2) is 4.90 Å². The van der Waals surface area contributed by atoms with Crippen LogP contribution < -0.4 is 9.64 Å². The van der Waals surface area contributed by atoms with Gasteiger partial charge in [0.2, 0.25) is 5.91 Å². The van der Waals surface area contributed by atoms with Crippen molar-refractivity contribution < 1.29 is 28.8 Å². The molecule has 11 heteroatoms. The number of nitrogens with zero attached hydrogens (tertiary/aromatic N) is 3. The van der Waals surface area contributed by atoms with Gasteiger partial charge in [0.25, 0.3) is 17.5 Å². The number of benzene rings is 3. The minimum atomic E-state index is -1.09. The first-order valence-electron chi connectivity index (χ1n) is 11.6. The van der Waals surface area contributed by atoms with E-state index in [9.17, 15) is 29.3 Å². The van der Waals surface area contributed by atoms with E-state index in [-0.39, 0.29) is 35.7 Å². The van der Waals surface area contributed by atoms with Gasteiger partial charge >= 0.3 is 5.97 Å². The van der Waals surface area contributed by atoms with Crippen LogP contribution in [0.5, 0.6) is 5.75 Å². The fourth-order valence-electron chi connectivity index (χ4n) is 4.19. The Balaban J connectivity index is 1.62. The Labute approximate surface area is 222 Å². The molecule has 194 valence electrons. The summed E-state index contributed by atoms with van der Waals surface area (Å²) in [5, 5.41) is 11.5. The predicted molar refractivity (Wildman–Crippen MR) is 138 cm³/mol. The Morgan fingerprint density at radius 3 is 2.37 bits per heavy atom. The molecule has 38 heavy (non-hydrogen) atoms. The van der Waals surface area contributed by atoms with Crippen LogP contribution in [-0.4, -0.2) is 46.1 Å². The number of hydrogen-bond donors (Lipinski definition) is 0. The van der Waals surface area contributed by atoms with Crippen LogP contribution in [0, 0.1) is 10.1 Å². The van der Waals surface area contributed by atoms with Crippen LogP contribution in [0.3, 0.4) is 0 Å². The molecule has 10 nitrogen and oxygen atoms in total. The fourth-order valence-corrected chi connectivity index (χ4v) is 4.41. The van der Waals surface area contributed by atoms with E-state index in [2.05, 4.69) is 0 Å². The van der Waals surface area contributed by atoms with Crippen molar-refractivity contribution in [2.45, 2.75) is 25.8 Å². The lowest BCUT2D eigenvalue weighted by Gasteiger charge is -2.28. The maximum Gasteiger partial charge on any atom is 0.308 e. The number of ether oxygens (including phenoxy) is 1. The van der Waals surface area contributed by atoms with Gasteiger partial charge < -0.3 is 9.64 Å². The molecule has 3 aromatic rings. The summed E-state index contributed by atoms with van der Waals surface area (Å²) in [4.78, 5) is 63.9. The second-order valence-electron chi connectivity index (χ2n) is 8.56. The van der Waals surface area contributed by atoms with Crippen molar-refractivity contribution in [3.63, 3.8) is 0 Å². The summed E-state index contributed by atoms with van der Waals surface area (Å²) in [6, 6.07) is 16.9. The monoisotopic (exact) mass is 535 g/mol. The number of amides is 3. The number of nitro benzene ring substituents is 1. The molecule has 4 rings (SSSR count). The molecular formula is C27H22ClN3O7. The van der Waals surface area contributed by atoms with Crippen molar-refractivity contribution in [2.75, 3.05) is 11.4 Å². The quantitative estimate of drug-likeness (QED) is 0.139. The molecule has 0 aliphatic carbocycles. The van der Waals surface area contributed by atoms with Crippen LogP contribution in [0.4, 0.5) is 11.4 Å². The summed E-state index contributed by atoms with van der Waals surface area (Å²) in [7, 11) is 0. The number of imide groups is 1. The van der Waals surface area contributed by atoms with Crippen molar-refractivity contribution in [2.24, 2.45) is 0 Å². The third-order valence-corrected chi connectivity index (χ3v) is 6.21. The Morgan fingerprint density at radius 1 is 1.08 bits per heavy atom. The Hall–Kier alpha value is -4.57. The molecule has 1 fully saturated rings. The van der Waals surface area contributed by atoms with E-state index >= 15 is 0 Å². The van der Waals surface area contributed by atoms with Crippen LogP contribution in [0.1, 0.15) is 29.3 Å². The fraction of sp³-hybridized carbons (Fsp3) is 0.185. The summed E-state index contributed by atoms with van der Waals surface area (Å²) in [5.74, 6) is -1.87. The molecule has 1 aliphatic rings. The third-order valence-electron chi connectivity index (χ3n) is 5.97. The second kappa shape index (κ2) is 11.2. The minimum absolute atomic E-state index is 0.0963. The summed E-state index contributed by atoms with van der Waals surface area (Å²) in [6.45, 7) is 1.35. The predicted octanol–water partition coefficient (Wildman–Crippen LogP) is 4.19. The first kappa shape index (κ1) is 26.5. The number of carbonyl (C=O) groups is 4. The number of halogens is 1. The van der Waals surface area contributed by atoms with Gasteiger partial charge in [0.1, 0.15) is 11.8 Å². The molecule has 3 amide bonds. The summed E-state index contributed by atoms with van der Waals surface area (Å²) in [6.07, 6.45) is 0.118. The second-order valence-corrected chi connectivity index (χ2v) is 8.99. The molecule has 0 bridgehead atoms. The molecular weight excluding hydrogens is 514 g/mol. The third kappa shape index (κ3) is 5.87. The number of carbonyl (C=O) groups excluding carboxylic acids is 4. The topological polar surface area (TPSA) is 127 Å². The number of rotatable bonds is 8. The molecule has 3 aromatic carbocycles. The molecule has 1 aliphatic heterocycles. The van der Waals surface area contributed by atoms with Gasteiger partial charge in [0.05, 0.1) is 17.0 Å². The maximum absolute atomic E-state index is 13.5. The Kier molecular flexibility index (Phi) is 7.82. The SMILES string of the molecule is CC(=O)Oc1ccc(N2C(=O)CC(N(CCc3cccc(Cl)c3)C(=O)c3ccc([N+](=O)[O-])cc3)C2=O)cc1. The molecule has 1 unspecified atom stereocenters. The largest absolute Gasteiger partial charge is 0.427 e. The van der Waals surface area contributed by atoms with Crippen LogP contribution in [0.25, 0.3) is 0 Å². The maximum atomic E-state index is 13.5. The first-order valence-corrected chi connectivity index (χ1v) is 12.0. The van der Waals surface area contributed by atoms with Crippen LogP contribution in [0.15, 0.2) is 72.8 Å². The van der Waals surface area contributed by atoms with E-state index in [0.717, 1.165) is 10.5 Å². The zero-order chi connectivity index (χ0) is 27.4. The highest BCUT2D eigenvalue weighted by atomic mass is 35.5. The summed E-state index contributed by atoms with van der Waals surface area (Å²) in [5.41, 5.74) is 1.07. The van der Waals surface area contributed by atoms with Gasteiger partial charge in [-0.2, -0.15) is 0 Å². The highest BCUT2D eigenvalue weighted by molar-refractivity contribution is 6.30. The van der Waals surface area contributed by atoms with Gasteiger partial charge in [0, 0.05) is 36.2 Å². The lowest BCUT2D eigenvalue weighted by atomic mass is 10.1. The molecule has 0 saturated carbocycles. The average molecular weight is 536 g/mol. The van der Waals surface area contributed by atoms with E-state index in [1.54, 1.807) is 18.2 Å². The van der Waals surface area contributed by atoms with Crippen molar-refractivity contribution in [3.05, 3.63) is 99.1 Å². The van der Waals surface area contributed by atoms with Gasteiger partial charge in [0.15, 0.2) is 0 Å². The van der Waals surface area contributed by atoms with Gasteiger partial charge in [-0.1, -0.05) is 23.7 Å². The first-order chi connectivity index (χ1) is 18.1. The minimum Gasteiger partial charge on any atom is -0.427 e. The van der Waals surface area contributed by atoms with Gasteiger partial charge in [-0.15, -0.1) is 0 Å². The number of esters is 1. The highest BCUT2D eigenvalue weighted by Gasteiger charge is 2.44. The zero-order valence-corrected chi connectivity index (χ0v) is 21.0. The van der Waals surface area contributed by atoms with E-state index in [4.69, 9.17) is 16.3 Å². The number of hydrogen-bond acceptors (Lipinski definition) is 7. The zero-order valence-electron chi connectivity index (χ0n) is 20.2. The standard InChI is InChI=1S/C27H22ClN3O7/c1-17(32)38-23-11-9-21(10-12-23)30-25(33)16-24(27(30)35)29(14-13-18-3-2-4-20(28)15-18)26(34)19-5-7-22(8-6-19)31(36)37/h2-12,15,24H,13-14,16H2,1H3. The van der Waals surface area contributed by atoms with Crippen molar-refractivity contribution in [1.29, 1.82) is 0 Å². The number of anilines is 1. The van der Waals surface area contributed by atoms with E-state index in [1.807, 2.05) is 6.07 Å². The molecule has 0 spiro atoms. The summed E-state index contributed by atoms with van der Waals surface area (Å²) < 4.78 is 5.00. The lowest BCUT2D eigenvalue weighted by Crippen LogP contribution is -2.46. The van der Waals surface area contributed by atoms with Crippen LogP contribution in [-0.2, 0) is 20.8 Å². The molecule has 1 saturated heterocycles. The normalized spacial score (nSPS) is 14.9. The molecule has 1 atom stereocenters. The smallest absolute Gasteiger partial charge is 0.308 e.